The Kier molecular flexibility index (Phi) is 6.89. The molecule has 0 N–H and O–H groups in total. The minimum Gasteiger partial charge on any atom is -0.495 e. The van der Waals surface area contributed by atoms with E-state index in [1.807, 2.05) is 11.9 Å². The van der Waals surface area contributed by atoms with E-state index in [1.165, 1.54) is 37.4 Å². The van der Waals surface area contributed by atoms with Crippen molar-refractivity contribution in [2.75, 3.05) is 49.1 Å². The van der Waals surface area contributed by atoms with Crippen molar-refractivity contribution in [1.82, 2.24) is 4.90 Å². The first-order valence-corrected chi connectivity index (χ1v) is 10.9. The van der Waals surface area contributed by atoms with E-state index < -0.39 is 16.6 Å². The minimum absolute atomic E-state index is 0.0215. The fourth-order valence-corrected chi connectivity index (χ4v) is 4.55. The summed E-state index contributed by atoms with van der Waals surface area (Å²) in [6, 6.07) is 9.64. The molecule has 1 saturated heterocycles. The standard InChI is InChI=1S/C19H22ClF2N3O4S/c1-23-8-10-24(11-9-23)17-13-16(6-7-18(17)28-2)30(26,27)25(20)14-4-3-5-15(12-14)29-19(21)22/h3-7,12-13,19H,8-11H2,1-2H3. The lowest BCUT2D eigenvalue weighted by Gasteiger charge is -2.35. The Labute approximate surface area is 179 Å². The van der Waals surface area contributed by atoms with Crippen LogP contribution in [0.5, 0.6) is 11.5 Å². The van der Waals surface area contributed by atoms with Gasteiger partial charge in [-0.2, -0.15) is 21.0 Å². The summed E-state index contributed by atoms with van der Waals surface area (Å²) >= 11 is 6.12. The van der Waals surface area contributed by atoms with Crippen molar-refractivity contribution in [1.29, 1.82) is 0 Å². The Hall–Kier alpha value is -2.30. The molecule has 0 aliphatic carbocycles. The lowest BCUT2D eigenvalue weighted by Crippen LogP contribution is -2.44. The minimum atomic E-state index is -4.17. The molecule has 0 radical (unpaired) electrons. The maximum Gasteiger partial charge on any atom is 0.387 e. The number of hydrogen-bond donors (Lipinski definition) is 0. The lowest BCUT2D eigenvalue weighted by atomic mass is 10.2. The van der Waals surface area contributed by atoms with Crippen LogP contribution < -0.4 is 18.2 Å². The molecule has 0 aromatic heterocycles. The van der Waals surface area contributed by atoms with Gasteiger partial charge in [0.15, 0.2) is 0 Å². The van der Waals surface area contributed by atoms with Gasteiger partial charge in [-0.25, -0.2) is 0 Å². The van der Waals surface area contributed by atoms with Crippen LogP contribution in [0.1, 0.15) is 0 Å². The fourth-order valence-electron chi connectivity index (χ4n) is 3.13. The number of likely N-dealkylation sites (N-methyl/N-ethyl adjacent to an activating group) is 1. The first-order chi connectivity index (χ1) is 14.2. The predicted octanol–water partition coefficient (Wildman–Crippen LogP) is 3.40. The molecule has 0 atom stereocenters. The largest absolute Gasteiger partial charge is 0.495 e. The Bertz CT molecular complexity index is 985. The Morgan fingerprint density at radius 3 is 2.43 bits per heavy atom. The van der Waals surface area contributed by atoms with Gasteiger partial charge in [0, 0.05) is 44.0 Å². The topological polar surface area (TPSA) is 62.3 Å². The van der Waals surface area contributed by atoms with Crippen molar-refractivity contribution in [3.05, 3.63) is 42.5 Å². The fraction of sp³-hybridized carbons (Fsp3) is 0.368. The third kappa shape index (κ3) is 4.88. The monoisotopic (exact) mass is 461 g/mol. The summed E-state index contributed by atoms with van der Waals surface area (Å²) in [7, 11) is -0.631. The summed E-state index contributed by atoms with van der Waals surface area (Å²) in [6.07, 6.45) is 0. The van der Waals surface area contributed by atoms with Crippen LogP contribution in [0.3, 0.4) is 0 Å². The molecule has 1 fully saturated rings. The van der Waals surface area contributed by atoms with Crippen LogP contribution in [0.4, 0.5) is 20.2 Å². The maximum absolute atomic E-state index is 13.1. The highest BCUT2D eigenvalue weighted by molar-refractivity contribution is 7.94. The number of anilines is 2. The number of alkyl halides is 2. The summed E-state index contributed by atoms with van der Waals surface area (Å²) in [5, 5.41) is 0. The Morgan fingerprint density at radius 1 is 1.10 bits per heavy atom. The number of piperazine rings is 1. The van der Waals surface area contributed by atoms with Gasteiger partial charge in [-0.05, 0) is 37.4 Å². The second-order valence-electron chi connectivity index (χ2n) is 6.72. The van der Waals surface area contributed by atoms with Gasteiger partial charge in [0.2, 0.25) is 0 Å². The molecule has 2 aromatic rings. The van der Waals surface area contributed by atoms with E-state index in [-0.39, 0.29) is 16.3 Å². The van der Waals surface area contributed by atoms with Gasteiger partial charge in [0.1, 0.15) is 11.5 Å². The molecule has 3 rings (SSSR count). The van der Waals surface area contributed by atoms with Gasteiger partial charge in [-0.3, -0.25) is 0 Å². The van der Waals surface area contributed by atoms with Gasteiger partial charge < -0.3 is 19.3 Å². The first-order valence-electron chi connectivity index (χ1n) is 9.10. The highest BCUT2D eigenvalue weighted by atomic mass is 35.5. The summed E-state index contributed by atoms with van der Waals surface area (Å²) in [5.74, 6) is 0.350. The zero-order chi connectivity index (χ0) is 21.9. The molecule has 0 unspecified atom stereocenters. The second kappa shape index (κ2) is 9.23. The van der Waals surface area contributed by atoms with Crippen LogP contribution in [-0.2, 0) is 10.0 Å². The van der Waals surface area contributed by atoms with Crippen LogP contribution in [0, 0.1) is 0 Å². The van der Waals surface area contributed by atoms with E-state index in [1.54, 1.807) is 6.07 Å². The van der Waals surface area contributed by atoms with Crippen LogP contribution >= 0.6 is 11.8 Å². The average molecular weight is 462 g/mol. The number of rotatable bonds is 7. The number of ether oxygens (including phenoxy) is 2. The van der Waals surface area contributed by atoms with Gasteiger partial charge in [-0.1, -0.05) is 6.07 Å². The smallest absolute Gasteiger partial charge is 0.387 e. The molecular formula is C19H22ClF2N3O4S. The number of benzene rings is 2. The van der Waals surface area contributed by atoms with E-state index >= 15 is 0 Å². The van der Waals surface area contributed by atoms with E-state index in [2.05, 4.69) is 9.64 Å². The zero-order valence-corrected chi connectivity index (χ0v) is 18.0. The van der Waals surface area contributed by atoms with Crippen molar-refractivity contribution in [3.8, 4) is 11.5 Å². The molecule has 0 amide bonds. The molecular weight excluding hydrogens is 440 g/mol. The number of halogens is 3. The van der Waals surface area contributed by atoms with E-state index in [0.29, 0.717) is 28.4 Å². The van der Waals surface area contributed by atoms with Gasteiger partial charge in [0.25, 0.3) is 10.0 Å². The first kappa shape index (κ1) is 22.4. The molecule has 1 aliphatic rings. The summed E-state index contributed by atoms with van der Waals surface area (Å²) in [5.41, 5.74) is 0.623. The molecule has 30 heavy (non-hydrogen) atoms. The highest BCUT2D eigenvalue weighted by Gasteiger charge is 2.27. The molecule has 1 aliphatic heterocycles. The summed E-state index contributed by atoms with van der Waals surface area (Å²) in [4.78, 5) is 4.18. The van der Waals surface area contributed by atoms with E-state index in [4.69, 9.17) is 16.5 Å². The number of nitrogens with zero attached hydrogens (tertiary/aromatic N) is 3. The molecule has 11 heteroatoms. The highest BCUT2D eigenvalue weighted by Crippen LogP contribution is 2.35. The SMILES string of the molecule is COc1ccc(S(=O)(=O)N(Cl)c2cccc(OC(F)F)c2)cc1N1CCN(C)CC1. The molecule has 0 spiro atoms. The van der Waals surface area contributed by atoms with Crippen molar-refractivity contribution in [3.63, 3.8) is 0 Å². The third-order valence-corrected chi connectivity index (χ3v) is 6.97. The lowest BCUT2D eigenvalue weighted by molar-refractivity contribution is -0.0498. The quantitative estimate of drug-likeness (QED) is 0.589. The predicted molar refractivity (Wildman–Crippen MR) is 111 cm³/mol. The van der Waals surface area contributed by atoms with Gasteiger partial charge >= 0.3 is 6.61 Å². The van der Waals surface area contributed by atoms with E-state index in [9.17, 15) is 17.2 Å². The maximum atomic E-state index is 13.1. The van der Waals surface area contributed by atoms with Gasteiger partial charge in [-0.15, -0.1) is 0 Å². The van der Waals surface area contributed by atoms with Crippen molar-refractivity contribution < 1.29 is 26.7 Å². The molecule has 1 heterocycles. The summed E-state index contributed by atoms with van der Waals surface area (Å²) in [6.45, 7) is 0.0626. The van der Waals surface area contributed by atoms with Gasteiger partial charge in [0.05, 0.1) is 23.4 Å². The second-order valence-corrected chi connectivity index (χ2v) is 9.04. The average Bonchev–Trinajstić information content (AvgIpc) is 2.73. The Balaban J connectivity index is 1.93. The van der Waals surface area contributed by atoms with Crippen LogP contribution in [0.15, 0.2) is 47.4 Å². The molecule has 0 saturated carbocycles. The van der Waals surface area contributed by atoms with Crippen molar-refractivity contribution in [2.45, 2.75) is 11.5 Å². The van der Waals surface area contributed by atoms with Crippen LogP contribution in [-0.4, -0.2) is 60.3 Å². The van der Waals surface area contributed by atoms with Crippen LogP contribution in [0.25, 0.3) is 0 Å². The Morgan fingerprint density at radius 2 is 1.80 bits per heavy atom. The molecule has 164 valence electrons. The molecule has 0 bridgehead atoms. The zero-order valence-electron chi connectivity index (χ0n) is 16.5. The third-order valence-electron chi connectivity index (χ3n) is 4.75. The number of sulfonamides is 1. The summed E-state index contributed by atoms with van der Waals surface area (Å²) < 4.78 is 61.3. The van der Waals surface area contributed by atoms with Crippen molar-refractivity contribution in [2.24, 2.45) is 0 Å². The molecule has 7 nitrogen and oxygen atoms in total. The van der Waals surface area contributed by atoms with E-state index in [0.717, 1.165) is 19.2 Å². The number of methoxy groups -OCH3 is 1. The van der Waals surface area contributed by atoms with Crippen molar-refractivity contribution >= 4 is 33.2 Å². The normalized spacial score (nSPS) is 15.3. The number of hydrogen-bond acceptors (Lipinski definition) is 6. The van der Waals surface area contributed by atoms with Crippen LogP contribution in [0.2, 0.25) is 0 Å². The molecule has 2 aromatic carbocycles.